The van der Waals surface area contributed by atoms with Gasteiger partial charge in [0.05, 0.1) is 67.4 Å². The van der Waals surface area contributed by atoms with E-state index in [0.29, 0.717) is 60.3 Å². The number of nitrogens with zero attached hydrogens (tertiary/aromatic N) is 6. The van der Waals surface area contributed by atoms with Crippen molar-refractivity contribution in [3.63, 3.8) is 0 Å². The molecule has 0 saturated carbocycles. The standard InChI is InChI=1S/C76H44N6S2/c1-77-60-45-59(76-79-74(49-27-13-5-14-28-49)78-75(80-76)50-29-15-6-16-30-50)70(81-61-39-35-51(46-21-7-2-8-22-46)43-57(61)68-63(81)41-37-55-53-31-17-19-33-65(53)83-72(55)68)67(48-25-11-4-12-26-48)71(60)82-62-40-36-52(47-23-9-3-10-24-47)44-58(62)69-64(82)42-38-56-54-32-18-20-34-66(54)84-73(56)69/h2-45H/i2D,3D,5D,6D,7D,8D,9D,10D,13D,14D,15D,16D,21D,22D,23D,24D,27D,28D,29D,30D. The van der Waals surface area contributed by atoms with Crippen LogP contribution >= 0.6 is 22.7 Å². The largest absolute Gasteiger partial charge is 0.318 e. The monoisotopic (exact) mass is 1120 g/mol. The van der Waals surface area contributed by atoms with Crippen molar-refractivity contribution in [3.05, 3.63) is 278 Å². The van der Waals surface area contributed by atoms with Gasteiger partial charge in [0.1, 0.15) is 0 Å². The molecule has 0 aliphatic heterocycles. The van der Waals surface area contributed by atoms with Gasteiger partial charge in [-0.3, -0.25) is 0 Å². The van der Waals surface area contributed by atoms with Crippen LogP contribution in [-0.2, 0) is 0 Å². The smallest absolute Gasteiger partial charge is 0.212 e. The van der Waals surface area contributed by atoms with Crippen molar-refractivity contribution in [3.8, 4) is 78.9 Å². The van der Waals surface area contributed by atoms with Crippen LogP contribution in [0.2, 0.25) is 0 Å². The molecule has 12 aromatic carbocycles. The summed E-state index contributed by atoms with van der Waals surface area (Å²) in [5.74, 6) is -1.52. The van der Waals surface area contributed by atoms with E-state index < -0.39 is 144 Å². The Morgan fingerprint density at radius 3 is 1.27 bits per heavy atom. The molecular weight excluding hydrogens is 1060 g/mol. The second-order valence-corrected chi connectivity index (χ2v) is 21.9. The molecule has 17 aromatic rings. The average Bonchev–Trinajstić information content (AvgIpc) is 1.51. The van der Waals surface area contributed by atoms with E-state index in [-0.39, 0.29) is 45.1 Å². The molecule has 0 radical (unpaired) electrons. The number of thiophene rings is 2. The number of aromatic nitrogens is 5. The van der Waals surface area contributed by atoms with Crippen molar-refractivity contribution < 1.29 is 27.4 Å². The highest BCUT2D eigenvalue weighted by Crippen LogP contribution is 2.53. The molecule has 0 aliphatic carbocycles. The molecule has 0 fully saturated rings. The zero-order valence-electron chi connectivity index (χ0n) is 63.4. The van der Waals surface area contributed by atoms with Gasteiger partial charge in [0, 0.05) is 84.1 Å². The molecule has 0 amide bonds. The van der Waals surface area contributed by atoms with Crippen molar-refractivity contribution in [1.82, 2.24) is 24.1 Å². The van der Waals surface area contributed by atoms with Crippen LogP contribution in [0, 0.1) is 6.57 Å². The Hall–Kier alpha value is -10.8. The molecule has 5 aromatic heterocycles. The van der Waals surface area contributed by atoms with Gasteiger partial charge in [0.25, 0.3) is 0 Å². The van der Waals surface area contributed by atoms with Gasteiger partial charge in [-0.1, -0.05) is 212 Å². The van der Waals surface area contributed by atoms with E-state index in [2.05, 4.69) is 9.83 Å². The molecule has 0 atom stereocenters. The molecule has 0 N–H and O–H groups in total. The van der Waals surface area contributed by atoms with Crippen LogP contribution in [0.15, 0.2) is 266 Å². The topological polar surface area (TPSA) is 52.9 Å². The lowest BCUT2D eigenvalue weighted by molar-refractivity contribution is 1.06. The van der Waals surface area contributed by atoms with Crippen LogP contribution in [0.25, 0.3) is 168 Å². The minimum absolute atomic E-state index is 0.00990. The molecule has 0 spiro atoms. The Balaban J connectivity index is 1.11. The van der Waals surface area contributed by atoms with E-state index in [1.54, 1.807) is 48.5 Å². The van der Waals surface area contributed by atoms with Crippen LogP contribution in [-0.4, -0.2) is 24.1 Å². The summed E-state index contributed by atoms with van der Waals surface area (Å²) in [5.41, 5.74) is 2.51. The molecule has 390 valence electrons. The van der Waals surface area contributed by atoms with Crippen LogP contribution in [0.5, 0.6) is 0 Å². The van der Waals surface area contributed by atoms with Gasteiger partial charge in [0.15, 0.2) is 17.5 Å². The van der Waals surface area contributed by atoms with E-state index in [0.717, 1.165) is 40.3 Å². The third-order valence-corrected chi connectivity index (χ3v) is 17.7. The number of hydrogen-bond donors (Lipinski definition) is 0. The maximum absolute atomic E-state index is 9.59. The third kappa shape index (κ3) is 7.43. The van der Waals surface area contributed by atoms with E-state index in [9.17, 15) is 17.5 Å². The van der Waals surface area contributed by atoms with E-state index in [1.807, 2.05) is 100 Å². The fraction of sp³-hybridized carbons (Fsp3) is 0. The maximum Gasteiger partial charge on any atom is 0.212 e. The highest BCUT2D eigenvalue weighted by atomic mass is 32.1. The molecule has 0 saturated heterocycles. The Morgan fingerprint density at radius 1 is 0.357 bits per heavy atom. The van der Waals surface area contributed by atoms with Gasteiger partial charge in [-0.2, -0.15) is 0 Å². The van der Waals surface area contributed by atoms with Gasteiger partial charge < -0.3 is 9.13 Å². The molecule has 8 heteroatoms. The third-order valence-electron chi connectivity index (χ3n) is 15.3. The SMILES string of the molecule is [2H]c1c([2H])c([2H])c(-c2ccc3c(c2)c2c4sc5ccccc5c4ccc2n3-c2c([N+]#[C-])cc(-c3nc(-c4c([2H])c([2H])c([2H])c([2H])c4[2H])nc(-c4c([2H])c([2H])c([2H])c([2H])c4[2H])n3)c(-n3c4ccc(-c5c([2H])c([2H])c([2H])c([2H])c5[2H])cc4c4c5sc6ccccc6c5ccc43)c2-c2ccccc2)c([2H])c1[2H]. The fourth-order valence-corrected chi connectivity index (χ4v) is 14.4. The van der Waals surface area contributed by atoms with Gasteiger partial charge in [-0.15, -0.1) is 22.7 Å². The van der Waals surface area contributed by atoms with Crippen molar-refractivity contribution in [2.45, 2.75) is 0 Å². The second-order valence-electron chi connectivity index (χ2n) is 19.8. The van der Waals surface area contributed by atoms with Crippen molar-refractivity contribution >= 4 is 112 Å². The summed E-state index contributed by atoms with van der Waals surface area (Å²) in [6.45, 7) is 9.59. The second kappa shape index (κ2) is 19.2. The normalized spacial score (nSPS) is 15.1. The summed E-state index contributed by atoms with van der Waals surface area (Å²) >= 11 is 3.02. The minimum atomic E-state index is -0.764. The number of rotatable bonds is 8. The molecule has 0 bridgehead atoms. The molecule has 84 heavy (non-hydrogen) atoms. The quantitative estimate of drug-likeness (QED) is 0.143. The zero-order valence-corrected chi connectivity index (χ0v) is 45.0. The first kappa shape index (κ1) is 32.0. The summed E-state index contributed by atoms with van der Waals surface area (Å²) in [6, 6.07) is 32.1. The highest BCUT2D eigenvalue weighted by molar-refractivity contribution is 7.27. The van der Waals surface area contributed by atoms with Crippen molar-refractivity contribution in [2.75, 3.05) is 0 Å². The molecular formula is C76H44N6S2. The highest BCUT2D eigenvalue weighted by Gasteiger charge is 2.31. The van der Waals surface area contributed by atoms with Crippen LogP contribution < -0.4 is 0 Å². The molecule has 0 unspecified atom stereocenters. The first-order valence-corrected chi connectivity index (χ1v) is 28.0. The number of benzene rings is 12. The molecule has 17 rings (SSSR count). The van der Waals surface area contributed by atoms with Gasteiger partial charge in [-0.25, -0.2) is 19.8 Å². The van der Waals surface area contributed by atoms with E-state index >= 15 is 0 Å². The summed E-state index contributed by atoms with van der Waals surface area (Å²) in [7, 11) is 0. The molecule has 0 aliphatic rings. The van der Waals surface area contributed by atoms with Crippen LogP contribution in [0.3, 0.4) is 0 Å². The van der Waals surface area contributed by atoms with Crippen LogP contribution in [0.1, 0.15) is 27.4 Å². The summed E-state index contributed by atoms with van der Waals surface area (Å²) in [4.78, 5) is 19.2. The van der Waals surface area contributed by atoms with E-state index in [4.69, 9.17) is 26.4 Å². The Bertz CT molecular complexity index is 6630. The summed E-state index contributed by atoms with van der Waals surface area (Å²) in [6.07, 6.45) is 0. The first-order chi connectivity index (χ1) is 49.9. The summed E-state index contributed by atoms with van der Waals surface area (Å²) in [5, 5.41) is 6.00. The van der Waals surface area contributed by atoms with Crippen molar-refractivity contribution in [2.24, 2.45) is 0 Å². The van der Waals surface area contributed by atoms with Gasteiger partial charge >= 0.3 is 0 Å². The van der Waals surface area contributed by atoms with Gasteiger partial charge in [0.2, 0.25) is 5.69 Å². The number of fused-ring (bicyclic) bond motifs is 14. The maximum atomic E-state index is 9.59. The lowest BCUT2D eigenvalue weighted by Gasteiger charge is -2.24. The molecule has 6 nitrogen and oxygen atoms in total. The average molecular weight is 1130 g/mol. The summed E-state index contributed by atoms with van der Waals surface area (Å²) < 4.78 is 187. The van der Waals surface area contributed by atoms with Crippen molar-refractivity contribution in [1.29, 1.82) is 0 Å². The minimum Gasteiger partial charge on any atom is -0.318 e. The fourth-order valence-electron chi connectivity index (χ4n) is 11.8. The Labute approximate surface area is 518 Å². The molecule has 5 heterocycles. The lowest BCUT2D eigenvalue weighted by atomic mass is 9.94. The van der Waals surface area contributed by atoms with Gasteiger partial charge in [-0.05, 0) is 82.4 Å². The predicted molar refractivity (Wildman–Crippen MR) is 353 cm³/mol. The van der Waals surface area contributed by atoms with Crippen LogP contribution in [0.4, 0.5) is 5.69 Å². The Morgan fingerprint density at radius 2 is 0.786 bits per heavy atom. The number of hydrogen-bond acceptors (Lipinski definition) is 5. The zero-order chi connectivity index (χ0) is 72.8. The Kier molecular flexibility index (Phi) is 7.29. The van der Waals surface area contributed by atoms with E-state index in [1.165, 1.54) is 28.7 Å². The first-order valence-electron chi connectivity index (χ1n) is 36.4. The predicted octanol–water partition coefficient (Wildman–Crippen LogP) is 21.4. The lowest BCUT2D eigenvalue weighted by Crippen LogP contribution is -2.08.